The Bertz CT molecular complexity index is 796. The zero-order valence-corrected chi connectivity index (χ0v) is 16.5. The van der Waals surface area contributed by atoms with Gasteiger partial charge in [-0.1, -0.05) is 43.7 Å². The first-order chi connectivity index (χ1) is 12.8. The van der Waals surface area contributed by atoms with Gasteiger partial charge in [0.25, 0.3) is 5.91 Å². The Morgan fingerprint density at radius 1 is 0.963 bits per heavy atom. The van der Waals surface area contributed by atoms with Crippen molar-refractivity contribution < 1.29 is 19.1 Å². The molecule has 0 fully saturated rings. The van der Waals surface area contributed by atoms with Crippen molar-refractivity contribution in [2.45, 2.75) is 46.6 Å². The van der Waals surface area contributed by atoms with Gasteiger partial charge in [0.1, 0.15) is 5.75 Å². The summed E-state index contributed by atoms with van der Waals surface area (Å²) in [4.78, 5) is 24.2. The maximum Gasteiger partial charge on any atom is 0.344 e. The third-order valence-corrected chi connectivity index (χ3v) is 4.13. The van der Waals surface area contributed by atoms with Crippen molar-refractivity contribution in [1.29, 1.82) is 0 Å². The summed E-state index contributed by atoms with van der Waals surface area (Å²) in [7, 11) is 0. The van der Waals surface area contributed by atoms with Crippen LogP contribution in [0.25, 0.3) is 0 Å². The Labute approximate surface area is 160 Å². The molecule has 1 N–H and O–H groups in total. The molecule has 0 aromatic heterocycles. The Balaban J connectivity index is 1.89. The molecule has 0 unspecified atom stereocenters. The highest BCUT2D eigenvalue weighted by Crippen LogP contribution is 2.27. The second-order valence-electron chi connectivity index (χ2n) is 6.97. The second kappa shape index (κ2) is 9.21. The molecule has 0 spiro atoms. The first kappa shape index (κ1) is 20.5. The minimum absolute atomic E-state index is 0.245. The average Bonchev–Trinajstić information content (AvgIpc) is 2.61. The second-order valence-corrected chi connectivity index (χ2v) is 6.97. The molecule has 5 heteroatoms. The number of amides is 1. The summed E-state index contributed by atoms with van der Waals surface area (Å²) in [5.74, 6) is -0.0297. The molecule has 0 aliphatic rings. The molecule has 5 nitrogen and oxygen atoms in total. The summed E-state index contributed by atoms with van der Waals surface area (Å²) in [6.45, 7) is 9.35. The molecular weight excluding hydrogens is 342 g/mol. The van der Waals surface area contributed by atoms with Gasteiger partial charge in [0.15, 0.2) is 12.7 Å². The molecule has 2 aromatic rings. The molecule has 0 bridgehead atoms. The number of hydrogen-bond acceptors (Lipinski definition) is 4. The highest BCUT2D eigenvalue weighted by Gasteiger charge is 2.19. The number of esters is 1. The van der Waals surface area contributed by atoms with Gasteiger partial charge in [0, 0.05) is 5.69 Å². The van der Waals surface area contributed by atoms with Gasteiger partial charge in [0.05, 0.1) is 0 Å². The fraction of sp³-hybridized carbons (Fsp3) is 0.364. The Morgan fingerprint density at radius 2 is 1.59 bits per heavy atom. The maximum absolute atomic E-state index is 12.2. The number of benzene rings is 2. The van der Waals surface area contributed by atoms with Gasteiger partial charge >= 0.3 is 5.97 Å². The summed E-state index contributed by atoms with van der Waals surface area (Å²) in [5, 5.41) is 2.72. The summed E-state index contributed by atoms with van der Waals surface area (Å²) in [5.41, 5.74) is 3.83. The molecule has 2 rings (SSSR count). The van der Waals surface area contributed by atoms with Crippen LogP contribution >= 0.6 is 0 Å². The minimum atomic E-state index is -0.913. The van der Waals surface area contributed by atoms with Gasteiger partial charge in [-0.05, 0) is 56.0 Å². The molecule has 1 atom stereocenters. The van der Waals surface area contributed by atoms with Crippen molar-refractivity contribution in [1.82, 2.24) is 0 Å². The zero-order chi connectivity index (χ0) is 20.0. The van der Waals surface area contributed by atoms with Crippen molar-refractivity contribution in [2.24, 2.45) is 0 Å². The van der Waals surface area contributed by atoms with Gasteiger partial charge in [0.2, 0.25) is 0 Å². The normalized spacial score (nSPS) is 11.8. The molecule has 0 saturated carbocycles. The van der Waals surface area contributed by atoms with E-state index in [0.29, 0.717) is 11.4 Å². The Kier molecular flexibility index (Phi) is 6.99. The maximum atomic E-state index is 12.2. The summed E-state index contributed by atoms with van der Waals surface area (Å²) >= 11 is 0. The number of aryl methyl sites for hydroxylation is 2. The fourth-order valence-corrected chi connectivity index (χ4v) is 2.55. The highest BCUT2D eigenvalue weighted by atomic mass is 16.6. The molecule has 0 radical (unpaired) electrons. The molecule has 2 aromatic carbocycles. The largest absolute Gasteiger partial charge is 0.482 e. The first-order valence-electron chi connectivity index (χ1n) is 9.06. The lowest BCUT2D eigenvalue weighted by molar-refractivity contribution is -0.155. The average molecular weight is 369 g/mol. The Hall–Kier alpha value is -2.82. The standard InChI is InChI=1S/C22H27NO4/c1-14(2)19-11-8-16(4)12-20(19)26-13-21(24)27-17(5)22(25)23-18-9-6-15(3)7-10-18/h6-12,14,17H,13H2,1-5H3,(H,23,25)/t17-/m1/s1. The van der Waals surface area contributed by atoms with E-state index in [1.165, 1.54) is 6.92 Å². The van der Waals surface area contributed by atoms with E-state index in [1.807, 2.05) is 44.2 Å². The van der Waals surface area contributed by atoms with Gasteiger partial charge < -0.3 is 14.8 Å². The third kappa shape index (κ3) is 6.13. The van der Waals surface area contributed by atoms with E-state index < -0.39 is 12.1 Å². The van der Waals surface area contributed by atoms with E-state index in [4.69, 9.17) is 9.47 Å². The lowest BCUT2D eigenvalue weighted by Gasteiger charge is -2.16. The van der Waals surface area contributed by atoms with Crippen molar-refractivity contribution in [3.8, 4) is 5.75 Å². The predicted molar refractivity (Wildman–Crippen MR) is 106 cm³/mol. The van der Waals surface area contributed by atoms with Gasteiger partial charge in [-0.3, -0.25) is 4.79 Å². The third-order valence-electron chi connectivity index (χ3n) is 4.13. The molecule has 0 aliphatic carbocycles. The monoisotopic (exact) mass is 369 g/mol. The van der Waals surface area contributed by atoms with Gasteiger partial charge in [-0.2, -0.15) is 0 Å². The van der Waals surface area contributed by atoms with Crippen LogP contribution in [-0.4, -0.2) is 24.6 Å². The van der Waals surface area contributed by atoms with Crippen LogP contribution in [0.15, 0.2) is 42.5 Å². The number of ether oxygens (including phenoxy) is 2. The number of carbonyl (C=O) groups is 2. The summed E-state index contributed by atoms with van der Waals surface area (Å²) in [6.07, 6.45) is -0.913. The van der Waals surface area contributed by atoms with Crippen molar-refractivity contribution in [2.75, 3.05) is 11.9 Å². The van der Waals surface area contributed by atoms with Crippen molar-refractivity contribution in [3.05, 3.63) is 59.2 Å². The SMILES string of the molecule is Cc1ccc(NC(=O)[C@@H](C)OC(=O)COc2cc(C)ccc2C(C)C)cc1. The van der Waals surface area contributed by atoms with Crippen LogP contribution in [0.1, 0.15) is 43.4 Å². The summed E-state index contributed by atoms with van der Waals surface area (Å²) in [6, 6.07) is 13.3. The van der Waals surface area contributed by atoms with Crippen LogP contribution in [0.4, 0.5) is 5.69 Å². The topological polar surface area (TPSA) is 64.6 Å². The number of carbonyl (C=O) groups excluding carboxylic acids is 2. The highest BCUT2D eigenvalue weighted by molar-refractivity contribution is 5.95. The molecule has 144 valence electrons. The van der Waals surface area contributed by atoms with Crippen molar-refractivity contribution >= 4 is 17.6 Å². The minimum Gasteiger partial charge on any atom is -0.482 e. The number of nitrogens with one attached hydrogen (secondary N) is 1. The van der Waals surface area contributed by atoms with E-state index in [9.17, 15) is 9.59 Å². The predicted octanol–water partition coefficient (Wildman–Crippen LogP) is 4.38. The van der Waals surface area contributed by atoms with Crippen LogP contribution in [0.2, 0.25) is 0 Å². The van der Waals surface area contributed by atoms with Crippen molar-refractivity contribution in [3.63, 3.8) is 0 Å². The van der Waals surface area contributed by atoms with Crippen LogP contribution in [0.5, 0.6) is 5.75 Å². The first-order valence-corrected chi connectivity index (χ1v) is 9.06. The molecule has 0 aliphatic heterocycles. The molecule has 27 heavy (non-hydrogen) atoms. The summed E-state index contributed by atoms with van der Waals surface area (Å²) < 4.78 is 10.8. The van der Waals surface area contributed by atoms with E-state index in [0.717, 1.165) is 16.7 Å². The zero-order valence-electron chi connectivity index (χ0n) is 16.5. The fourth-order valence-electron chi connectivity index (χ4n) is 2.55. The lowest BCUT2D eigenvalue weighted by Crippen LogP contribution is -2.31. The molecule has 0 heterocycles. The lowest BCUT2D eigenvalue weighted by atomic mass is 10.0. The molecule has 0 saturated heterocycles. The van der Waals surface area contributed by atoms with Crippen LogP contribution in [-0.2, 0) is 14.3 Å². The number of hydrogen-bond donors (Lipinski definition) is 1. The van der Waals surface area contributed by atoms with E-state index >= 15 is 0 Å². The van der Waals surface area contributed by atoms with Crippen LogP contribution < -0.4 is 10.1 Å². The van der Waals surface area contributed by atoms with E-state index in [2.05, 4.69) is 19.2 Å². The number of rotatable bonds is 7. The van der Waals surface area contributed by atoms with E-state index in [1.54, 1.807) is 12.1 Å². The smallest absolute Gasteiger partial charge is 0.344 e. The molecule has 1 amide bonds. The van der Waals surface area contributed by atoms with Crippen LogP contribution in [0.3, 0.4) is 0 Å². The van der Waals surface area contributed by atoms with Crippen LogP contribution in [0, 0.1) is 13.8 Å². The molecular formula is C22H27NO4. The van der Waals surface area contributed by atoms with Gasteiger partial charge in [-0.25, -0.2) is 4.79 Å². The number of anilines is 1. The van der Waals surface area contributed by atoms with E-state index in [-0.39, 0.29) is 18.4 Å². The van der Waals surface area contributed by atoms with Gasteiger partial charge in [-0.15, -0.1) is 0 Å². The Morgan fingerprint density at radius 3 is 2.22 bits per heavy atom. The quantitative estimate of drug-likeness (QED) is 0.736.